The molecule has 0 saturated heterocycles. The zero-order valence-electron chi connectivity index (χ0n) is 11.0. The Kier molecular flexibility index (Phi) is 6.55. The summed E-state index contributed by atoms with van der Waals surface area (Å²) in [5.74, 6) is 0.953. The fraction of sp³-hybridized carbons (Fsp3) is 0.312. The summed E-state index contributed by atoms with van der Waals surface area (Å²) >= 11 is 0. The van der Waals surface area contributed by atoms with E-state index in [-0.39, 0.29) is 11.7 Å². The smallest absolute Gasteiger partial charge is 0.136 e. The first kappa shape index (κ1) is 14.2. The third kappa shape index (κ3) is 5.48. The van der Waals surface area contributed by atoms with E-state index in [1.807, 2.05) is 61.6 Å². The van der Waals surface area contributed by atoms with Crippen LogP contribution >= 0.6 is 0 Å². The van der Waals surface area contributed by atoms with Crippen molar-refractivity contribution in [1.29, 1.82) is 0 Å². The highest BCUT2D eigenvalue weighted by atomic mass is 16.5. The van der Waals surface area contributed by atoms with Gasteiger partial charge in [0.1, 0.15) is 11.5 Å². The highest BCUT2D eigenvalue weighted by Crippen LogP contribution is 2.12. The predicted molar refractivity (Wildman–Crippen MR) is 74.7 cm³/mol. The van der Waals surface area contributed by atoms with Crippen LogP contribution in [-0.4, -0.2) is 12.4 Å². The zero-order valence-corrected chi connectivity index (χ0v) is 11.0. The first-order valence-corrected chi connectivity index (χ1v) is 6.22. The van der Waals surface area contributed by atoms with Crippen molar-refractivity contribution in [3.63, 3.8) is 0 Å². The molecule has 0 aliphatic heterocycles. The van der Waals surface area contributed by atoms with E-state index < -0.39 is 0 Å². The molecule has 0 amide bonds. The van der Waals surface area contributed by atoms with Crippen LogP contribution in [0.3, 0.4) is 0 Å². The summed E-state index contributed by atoms with van der Waals surface area (Å²) in [6.07, 6.45) is 8.41. The second kappa shape index (κ2) is 8.29. The molecular formula is C16H20O2. The summed E-state index contributed by atoms with van der Waals surface area (Å²) in [7, 11) is 0. The molecule has 0 aromatic heterocycles. The predicted octanol–water partition coefficient (Wildman–Crippen LogP) is 3.79. The lowest BCUT2D eigenvalue weighted by atomic mass is 10.0. The van der Waals surface area contributed by atoms with Crippen LogP contribution in [0.4, 0.5) is 0 Å². The second-order valence-electron chi connectivity index (χ2n) is 4.08. The number of allylic oxidation sites excluding steroid dienone is 4. The minimum absolute atomic E-state index is 0.0649. The van der Waals surface area contributed by atoms with Gasteiger partial charge in [0.15, 0.2) is 0 Å². The summed E-state index contributed by atoms with van der Waals surface area (Å²) in [4.78, 5) is 11.4. The molecule has 0 heterocycles. The van der Waals surface area contributed by atoms with Gasteiger partial charge in [-0.1, -0.05) is 42.5 Å². The normalized spacial score (nSPS) is 13.0. The maximum atomic E-state index is 11.4. The van der Waals surface area contributed by atoms with Crippen molar-refractivity contribution in [3.8, 4) is 5.75 Å². The zero-order chi connectivity index (χ0) is 13.2. The van der Waals surface area contributed by atoms with E-state index in [4.69, 9.17) is 4.74 Å². The van der Waals surface area contributed by atoms with Gasteiger partial charge in [0, 0.05) is 5.92 Å². The highest BCUT2D eigenvalue weighted by molar-refractivity contribution is 5.80. The minimum atomic E-state index is -0.0649. The molecule has 0 spiro atoms. The Morgan fingerprint density at radius 2 is 2.00 bits per heavy atom. The average molecular weight is 244 g/mol. The van der Waals surface area contributed by atoms with Gasteiger partial charge >= 0.3 is 0 Å². The largest absolute Gasteiger partial charge is 0.494 e. The lowest BCUT2D eigenvalue weighted by Gasteiger charge is -2.10. The third-order valence-electron chi connectivity index (χ3n) is 2.61. The monoisotopic (exact) mass is 244 g/mol. The molecule has 96 valence electrons. The summed E-state index contributed by atoms with van der Waals surface area (Å²) < 4.78 is 5.59. The van der Waals surface area contributed by atoms with Crippen LogP contribution in [0.1, 0.15) is 20.3 Å². The molecular weight excluding hydrogens is 224 g/mol. The van der Waals surface area contributed by atoms with Gasteiger partial charge in [0.2, 0.25) is 0 Å². The van der Waals surface area contributed by atoms with Crippen molar-refractivity contribution >= 4 is 5.78 Å². The molecule has 1 aromatic rings. The number of Topliss-reactive ketones (excluding diaryl/α,β-unsaturated/α-hetero) is 1. The van der Waals surface area contributed by atoms with Crippen molar-refractivity contribution in [1.82, 2.24) is 0 Å². The Morgan fingerprint density at radius 1 is 1.28 bits per heavy atom. The summed E-state index contributed by atoms with van der Waals surface area (Å²) in [6, 6.07) is 9.65. The van der Waals surface area contributed by atoms with Crippen molar-refractivity contribution in [2.75, 3.05) is 6.61 Å². The SMILES string of the molecule is C/C=C\C=C/C(CCOc1ccccc1)C(C)=O. The first-order chi connectivity index (χ1) is 8.74. The van der Waals surface area contributed by atoms with E-state index in [2.05, 4.69) is 0 Å². The lowest BCUT2D eigenvalue weighted by Crippen LogP contribution is -2.12. The number of hydrogen-bond acceptors (Lipinski definition) is 2. The Morgan fingerprint density at radius 3 is 2.61 bits per heavy atom. The number of carbonyl (C=O) groups is 1. The van der Waals surface area contributed by atoms with Gasteiger partial charge in [0.25, 0.3) is 0 Å². The molecule has 2 nitrogen and oxygen atoms in total. The molecule has 1 unspecified atom stereocenters. The van der Waals surface area contributed by atoms with E-state index >= 15 is 0 Å². The van der Waals surface area contributed by atoms with Crippen LogP contribution in [0.5, 0.6) is 5.75 Å². The average Bonchev–Trinajstić information content (AvgIpc) is 2.38. The molecule has 1 atom stereocenters. The van der Waals surface area contributed by atoms with Crippen LogP contribution in [-0.2, 0) is 4.79 Å². The number of rotatable bonds is 7. The van der Waals surface area contributed by atoms with Crippen molar-refractivity contribution in [2.24, 2.45) is 5.92 Å². The fourth-order valence-corrected chi connectivity index (χ4v) is 1.56. The summed E-state index contributed by atoms with van der Waals surface area (Å²) in [5, 5.41) is 0. The van der Waals surface area contributed by atoms with E-state index in [1.165, 1.54) is 0 Å². The van der Waals surface area contributed by atoms with E-state index in [9.17, 15) is 4.79 Å². The number of ketones is 1. The van der Waals surface area contributed by atoms with Gasteiger partial charge in [-0.25, -0.2) is 0 Å². The molecule has 1 aromatic carbocycles. The van der Waals surface area contributed by atoms with Crippen LogP contribution in [0.15, 0.2) is 54.6 Å². The summed E-state index contributed by atoms with van der Waals surface area (Å²) in [6.45, 7) is 4.12. The minimum Gasteiger partial charge on any atom is -0.494 e. The number of carbonyl (C=O) groups excluding carboxylic acids is 1. The Hall–Kier alpha value is -1.83. The number of hydrogen-bond donors (Lipinski definition) is 0. The Balaban J connectivity index is 2.41. The first-order valence-electron chi connectivity index (χ1n) is 6.22. The molecule has 0 aliphatic carbocycles. The van der Waals surface area contributed by atoms with Crippen molar-refractivity contribution in [3.05, 3.63) is 54.6 Å². The van der Waals surface area contributed by atoms with Crippen LogP contribution in [0, 0.1) is 5.92 Å². The Bertz CT molecular complexity index is 404. The van der Waals surface area contributed by atoms with E-state index in [1.54, 1.807) is 6.92 Å². The molecule has 0 fully saturated rings. The molecule has 0 radical (unpaired) electrons. The molecule has 0 aliphatic rings. The Labute approximate surface area is 109 Å². The van der Waals surface area contributed by atoms with Crippen molar-refractivity contribution < 1.29 is 9.53 Å². The van der Waals surface area contributed by atoms with Gasteiger partial charge in [-0.2, -0.15) is 0 Å². The number of benzene rings is 1. The molecule has 0 N–H and O–H groups in total. The molecule has 2 heteroatoms. The van der Waals surface area contributed by atoms with Crippen LogP contribution in [0.2, 0.25) is 0 Å². The number of para-hydroxylation sites is 1. The lowest BCUT2D eigenvalue weighted by molar-refractivity contribution is -0.119. The summed E-state index contributed by atoms with van der Waals surface area (Å²) in [5.41, 5.74) is 0. The molecule has 1 rings (SSSR count). The van der Waals surface area contributed by atoms with Gasteiger partial charge in [-0.05, 0) is 32.4 Å². The molecule has 18 heavy (non-hydrogen) atoms. The number of ether oxygens (including phenoxy) is 1. The van der Waals surface area contributed by atoms with E-state index in [0.717, 1.165) is 5.75 Å². The van der Waals surface area contributed by atoms with Crippen LogP contribution in [0.25, 0.3) is 0 Å². The van der Waals surface area contributed by atoms with Crippen molar-refractivity contribution in [2.45, 2.75) is 20.3 Å². The molecule has 0 bridgehead atoms. The quantitative estimate of drug-likeness (QED) is 0.682. The van der Waals surface area contributed by atoms with E-state index in [0.29, 0.717) is 13.0 Å². The molecule has 0 saturated carbocycles. The van der Waals surface area contributed by atoms with Gasteiger partial charge < -0.3 is 4.74 Å². The third-order valence-corrected chi connectivity index (χ3v) is 2.61. The van der Waals surface area contributed by atoms with Gasteiger partial charge in [-0.15, -0.1) is 0 Å². The standard InChI is InChI=1S/C16H20O2/c1-3-4-6-9-15(14(2)17)12-13-18-16-10-7-5-8-11-16/h3-11,15H,12-13H2,1-2H3/b4-3-,9-6-. The maximum Gasteiger partial charge on any atom is 0.136 e. The van der Waals surface area contributed by atoms with Crippen LogP contribution < -0.4 is 4.74 Å². The van der Waals surface area contributed by atoms with Gasteiger partial charge in [-0.3, -0.25) is 4.79 Å². The topological polar surface area (TPSA) is 26.3 Å². The second-order valence-corrected chi connectivity index (χ2v) is 4.08. The fourth-order valence-electron chi connectivity index (χ4n) is 1.56. The maximum absolute atomic E-state index is 11.4. The highest BCUT2D eigenvalue weighted by Gasteiger charge is 2.10. The van der Waals surface area contributed by atoms with Gasteiger partial charge in [0.05, 0.1) is 6.61 Å².